The summed E-state index contributed by atoms with van der Waals surface area (Å²) < 4.78 is 11.1. The summed E-state index contributed by atoms with van der Waals surface area (Å²) in [5, 5.41) is 0. The molecule has 118 valence electrons. The van der Waals surface area contributed by atoms with E-state index in [4.69, 9.17) is 9.47 Å². The van der Waals surface area contributed by atoms with Crippen molar-refractivity contribution in [3.05, 3.63) is 29.3 Å². The number of hydrogen-bond donors (Lipinski definition) is 0. The lowest BCUT2D eigenvalue weighted by molar-refractivity contribution is -0.00546. The molecule has 0 bridgehead atoms. The number of carbonyl (C=O) groups is 1. The number of rotatable bonds is 8. The Morgan fingerprint density at radius 3 is 2.48 bits per heavy atom. The van der Waals surface area contributed by atoms with Crippen LogP contribution in [0.25, 0.3) is 0 Å². The molecule has 0 unspecified atom stereocenters. The SMILES string of the molecule is CCCCOC(C)(C)C(=O)c1ccc(OC)c(C(C)C)c1. The van der Waals surface area contributed by atoms with E-state index in [1.165, 1.54) is 0 Å². The number of methoxy groups -OCH3 is 1. The molecule has 3 heteroatoms. The van der Waals surface area contributed by atoms with Crippen LogP contribution in [0.3, 0.4) is 0 Å². The third-order valence-corrected chi connectivity index (χ3v) is 3.62. The summed E-state index contributed by atoms with van der Waals surface area (Å²) in [6.07, 6.45) is 2.03. The first-order chi connectivity index (χ1) is 9.83. The molecular formula is C18H28O3. The highest BCUT2D eigenvalue weighted by Crippen LogP contribution is 2.29. The molecule has 1 aromatic carbocycles. The summed E-state index contributed by atoms with van der Waals surface area (Å²) in [5.74, 6) is 1.14. The maximum Gasteiger partial charge on any atom is 0.194 e. The van der Waals surface area contributed by atoms with E-state index in [2.05, 4.69) is 20.8 Å². The van der Waals surface area contributed by atoms with Gasteiger partial charge in [0.25, 0.3) is 0 Å². The van der Waals surface area contributed by atoms with Crippen molar-refractivity contribution in [2.75, 3.05) is 13.7 Å². The van der Waals surface area contributed by atoms with Gasteiger partial charge >= 0.3 is 0 Å². The van der Waals surface area contributed by atoms with Crippen LogP contribution in [0.4, 0.5) is 0 Å². The minimum absolute atomic E-state index is 0.0168. The van der Waals surface area contributed by atoms with Gasteiger partial charge in [0.1, 0.15) is 11.4 Å². The zero-order valence-corrected chi connectivity index (χ0v) is 14.2. The molecule has 0 saturated heterocycles. The molecule has 1 aromatic rings. The van der Waals surface area contributed by atoms with Crippen molar-refractivity contribution in [2.45, 2.75) is 59.0 Å². The molecule has 0 aliphatic heterocycles. The van der Waals surface area contributed by atoms with E-state index >= 15 is 0 Å². The van der Waals surface area contributed by atoms with E-state index in [9.17, 15) is 4.79 Å². The number of unbranched alkanes of at least 4 members (excludes halogenated alkanes) is 1. The first-order valence-electron chi connectivity index (χ1n) is 7.70. The Morgan fingerprint density at radius 2 is 1.95 bits per heavy atom. The van der Waals surface area contributed by atoms with Gasteiger partial charge in [-0.05, 0) is 49.9 Å². The molecule has 21 heavy (non-hydrogen) atoms. The van der Waals surface area contributed by atoms with Crippen molar-refractivity contribution in [1.82, 2.24) is 0 Å². The van der Waals surface area contributed by atoms with Gasteiger partial charge in [-0.2, -0.15) is 0 Å². The van der Waals surface area contributed by atoms with Crippen molar-refractivity contribution < 1.29 is 14.3 Å². The molecule has 0 atom stereocenters. The molecule has 0 radical (unpaired) electrons. The molecule has 0 saturated carbocycles. The summed E-state index contributed by atoms with van der Waals surface area (Å²) in [6, 6.07) is 5.61. The first kappa shape index (κ1) is 17.7. The van der Waals surface area contributed by atoms with Crippen molar-refractivity contribution >= 4 is 5.78 Å². The predicted molar refractivity (Wildman–Crippen MR) is 86.4 cm³/mol. The molecule has 0 aliphatic carbocycles. The molecular weight excluding hydrogens is 264 g/mol. The Hall–Kier alpha value is -1.35. The van der Waals surface area contributed by atoms with E-state index in [1.807, 2.05) is 32.0 Å². The molecule has 0 fully saturated rings. The van der Waals surface area contributed by atoms with Gasteiger partial charge in [-0.1, -0.05) is 27.2 Å². The molecule has 0 amide bonds. The molecule has 0 N–H and O–H groups in total. The van der Waals surface area contributed by atoms with Crippen LogP contribution in [-0.4, -0.2) is 25.1 Å². The lowest BCUT2D eigenvalue weighted by atomic mass is 9.92. The van der Waals surface area contributed by atoms with Crippen LogP contribution in [-0.2, 0) is 4.74 Å². The lowest BCUT2D eigenvalue weighted by Crippen LogP contribution is -2.35. The lowest BCUT2D eigenvalue weighted by Gasteiger charge is -2.24. The Labute approximate surface area is 128 Å². The van der Waals surface area contributed by atoms with Crippen molar-refractivity contribution in [2.24, 2.45) is 0 Å². The Balaban J connectivity index is 2.99. The summed E-state index contributed by atoms with van der Waals surface area (Å²) in [5.41, 5.74) is 0.937. The zero-order valence-electron chi connectivity index (χ0n) is 14.2. The van der Waals surface area contributed by atoms with Crippen LogP contribution in [0.15, 0.2) is 18.2 Å². The smallest absolute Gasteiger partial charge is 0.194 e. The number of Topliss-reactive ketones (excluding diaryl/α,β-unsaturated/α-hetero) is 1. The van der Waals surface area contributed by atoms with E-state index < -0.39 is 5.60 Å². The van der Waals surface area contributed by atoms with E-state index in [0.29, 0.717) is 18.1 Å². The van der Waals surface area contributed by atoms with Gasteiger partial charge in [0.15, 0.2) is 5.78 Å². The van der Waals surface area contributed by atoms with Crippen LogP contribution < -0.4 is 4.74 Å². The highest BCUT2D eigenvalue weighted by atomic mass is 16.5. The monoisotopic (exact) mass is 292 g/mol. The normalized spacial score (nSPS) is 11.8. The van der Waals surface area contributed by atoms with Gasteiger partial charge in [-0.25, -0.2) is 0 Å². The number of hydrogen-bond acceptors (Lipinski definition) is 3. The zero-order chi connectivity index (χ0) is 16.0. The molecule has 0 aromatic heterocycles. The number of carbonyl (C=O) groups excluding carboxylic acids is 1. The van der Waals surface area contributed by atoms with E-state index in [1.54, 1.807) is 7.11 Å². The maximum absolute atomic E-state index is 12.7. The second-order valence-corrected chi connectivity index (χ2v) is 6.15. The van der Waals surface area contributed by atoms with Gasteiger partial charge in [-0.15, -0.1) is 0 Å². The predicted octanol–water partition coefficient (Wildman–Crippen LogP) is 4.60. The number of ketones is 1. The van der Waals surface area contributed by atoms with Crippen LogP contribution >= 0.6 is 0 Å². The highest BCUT2D eigenvalue weighted by molar-refractivity contribution is 6.02. The fourth-order valence-corrected chi connectivity index (χ4v) is 2.21. The molecule has 1 rings (SSSR count). The minimum Gasteiger partial charge on any atom is -0.496 e. The third kappa shape index (κ3) is 4.57. The molecule has 3 nitrogen and oxygen atoms in total. The van der Waals surface area contributed by atoms with Gasteiger partial charge in [0, 0.05) is 12.2 Å². The first-order valence-corrected chi connectivity index (χ1v) is 7.70. The second kappa shape index (κ2) is 7.60. The summed E-state index contributed by atoms with van der Waals surface area (Å²) in [7, 11) is 1.65. The van der Waals surface area contributed by atoms with Gasteiger partial charge in [-0.3, -0.25) is 4.79 Å². The van der Waals surface area contributed by atoms with Gasteiger partial charge in [0.2, 0.25) is 0 Å². The Kier molecular flexibility index (Phi) is 6.41. The molecule has 0 spiro atoms. The average Bonchev–Trinajstić information content (AvgIpc) is 2.45. The minimum atomic E-state index is -0.794. The van der Waals surface area contributed by atoms with Crippen LogP contribution in [0.5, 0.6) is 5.75 Å². The summed E-state index contributed by atoms with van der Waals surface area (Å²) in [4.78, 5) is 12.7. The van der Waals surface area contributed by atoms with Crippen molar-refractivity contribution in [3.8, 4) is 5.75 Å². The standard InChI is InChI=1S/C18H28O3/c1-7-8-11-21-18(4,5)17(19)14-9-10-16(20-6)15(12-14)13(2)3/h9-10,12-13H,7-8,11H2,1-6H3. The summed E-state index contributed by atoms with van der Waals surface area (Å²) >= 11 is 0. The van der Waals surface area contributed by atoms with Crippen LogP contribution in [0.1, 0.15) is 69.3 Å². The fraction of sp³-hybridized carbons (Fsp3) is 0.611. The van der Waals surface area contributed by atoms with Crippen LogP contribution in [0, 0.1) is 0 Å². The van der Waals surface area contributed by atoms with Crippen LogP contribution in [0.2, 0.25) is 0 Å². The quantitative estimate of drug-likeness (QED) is 0.519. The fourth-order valence-electron chi connectivity index (χ4n) is 2.21. The molecule has 0 heterocycles. The number of ether oxygens (including phenoxy) is 2. The topological polar surface area (TPSA) is 35.5 Å². The third-order valence-electron chi connectivity index (χ3n) is 3.62. The highest BCUT2D eigenvalue weighted by Gasteiger charge is 2.30. The van der Waals surface area contributed by atoms with Crippen molar-refractivity contribution in [3.63, 3.8) is 0 Å². The Bertz CT molecular complexity index is 475. The average molecular weight is 292 g/mol. The van der Waals surface area contributed by atoms with Crippen molar-refractivity contribution in [1.29, 1.82) is 0 Å². The van der Waals surface area contributed by atoms with E-state index in [-0.39, 0.29) is 5.78 Å². The second-order valence-electron chi connectivity index (χ2n) is 6.15. The summed E-state index contributed by atoms with van der Waals surface area (Å²) in [6.45, 7) is 10.6. The van der Waals surface area contributed by atoms with Gasteiger partial charge < -0.3 is 9.47 Å². The number of benzene rings is 1. The largest absolute Gasteiger partial charge is 0.496 e. The maximum atomic E-state index is 12.7. The molecule has 0 aliphatic rings. The van der Waals surface area contributed by atoms with E-state index in [0.717, 1.165) is 24.2 Å². The Morgan fingerprint density at radius 1 is 1.29 bits per heavy atom. The van der Waals surface area contributed by atoms with Gasteiger partial charge in [0.05, 0.1) is 7.11 Å².